The zero-order chi connectivity index (χ0) is 41.5. The second kappa shape index (κ2) is 12.7. The number of hydrogen-bond donors (Lipinski definition) is 0. The molecule has 2 nitrogen and oxygen atoms in total. The highest BCUT2D eigenvalue weighted by molar-refractivity contribution is 6.26. The van der Waals surface area contributed by atoms with Gasteiger partial charge in [-0.1, -0.05) is 173 Å². The average Bonchev–Trinajstić information content (AvgIpc) is 3.89. The molecule has 2 heteroatoms. The van der Waals surface area contributed by atoms with E-state index in [0.29, 0.717) is 5.92 Å². The molecule has 0 spiro atoms. The van der Waals surface area contributed by atoms with Crippen LogP contribution in [0.3, 0.4) is 0 Å². The number of hydrogen-bond acceptors (Lipinski definition) is 2. The molecule has 0 amide bonds. The highest BCUT2D eigenvalue weighted by Gasteiger charge is 2.42. The summed E-state index contributed by atoms with van der Waals surface area (Å²) in [5, 5.41) is 9.95. The molecular weight excluding hydrogens is 751 g/mol. The molecule has 1 heterocycles. The van der Waals surface area contributed by atoms with Crippen LogP contribution in [0.25, 0.3) is 71.0 Å². The molecule has 0 bridgehead atoms. The van der Waals surface area contributed by atoms with Crippen molar-refractivity contribution in [2.45, 2.75) is 50.9 Å². The predicted molar refractivity (Wildman–Crippen MR) is 261 cm³/mol. The van der Waals surface area contributed by atoms with Crippen LogP contribution in [0.4, 0.5) is 17.1 Å². The van der Waals surface area contributed by atoms with Gasteiger partial charge in [0.2, 0.25) is 0 Å². The number of anilines is 3. The van der Waals surface area contributed by atoms with E-state index in [-0.39, 0.29) is 10.8 Å². The van der Waals surface area contributed by atoms with Crippen molar-refractivity contribution in [3.05, 3.63) is 215 Å². The van der Waals surface area contributed by atoms with Crippen molar-refractivity contribution in [3.63, 3.8) is 0 Å². The van der Waals surface area contributed by atoms with E-state index in [1.807, 2.05) is 0 Å². The van der Waals surface area contributed by atoms with Crippen LogP contribution in [0.1, 0.15) is 67.9 Å². The summed E-state index contributed by atoms with van der Waals surface area (Å²) < 4.78 is 6.74. The monoisotopic (exact) mass is 795 g/mol. The van der Waals surface area contributed by atoms with Gasteiger partial charge < -0.3 is 9.32 Å². The topological polar surface area (TPSA) is 16.4 Å². The number of para-hydroxylation sites is 1. The third-order valence-corrected chi connectivity index (χ3v) is 14.9. The minimum atomic E-state index is -0.178. The Morgan fingerprint density at radius 1 is 0.484 bits per heavy atom. The van der Waals surface area contributed by atoms with E-state index in [4.69, 9.17) is 4.42 Å². The molecule has 0 N–H and O–H groups in total. The predicted octanol–water partition coefficient (Wildman–Crippen LogP) is 16.6. The van der Waals surface area contributed by atoms with E-state index in [1.165, 1.54) is 82.4 Å². The Morgan fingerprint density at radius 3 is 1.82 bits per heavy atom. The van der Waals surface area contributed by atoms with E-state index < -0.39 is 0 Å². The summed E-state index contributed by atoms with van der Waals surface area (Å²) in [6.45, 7) is 9.49. The Bertz CT molecular complexity index is 3580. The van der Waals surface area contributed by atoms with Crippen LogP contribution in [0.15, 0.2) is 192 Å². The van der Waals surface area contributed by atoms with E-state index in [9.17, 15) is 0 Å². The number of fused-ring (bicyclic) bond motifs is 16. The zero-order valence-corrected chi connectivity index (χ0v) is 35.5. The van der Waals surface area contributed by atoms with Gasteiger partial charge in [-0.25, -0.2) is 0 Å². The Hall–Kier alpha value is -7.16. The van der Waals surface area contributed by atoms with E-state index in [2.05, 4.69) is 215 Å². The lowest BCUT2D eigenvalue weighted by molar-refractivity contribution is 0.613. The standard InChI is InChI=1S/C60H45NO/c1-59(2)53-31-27-40(35-51(53)57-54(59)32-30-49-48-18-10-12-20-56(48)62-58(49)57)61(39-26-29-45-43-15-6-5-13-41(43)42-14-7-8-16-44(42)50(45)34-39)38-24-21-36(22-25-38)37-23-28-47-46-17-9-11-19-52(46)60(3,4)55(47)33-37/h5-27,29-35,47H,28H2,1-4H3. The Kier molecular flexibility index (Phi) is 7.28. The molecule has 1 atom stereocenters. The van der Waals surface area contributed by atoms with E-state index in [1.54, 1.807) is 0 Å². The third-order valence-electron chi connectivity index (χ3n) is 14.9. The number of furan rings is 1. The fourth-order valence-corrected chi connectivity index (χ4v) is 11.8. The molecule has 1 unspecified atom stereocenters. The molecule has 0 saturated carbocycles. The minimum Gasteiger partial charge on any atom is -0.455 e. The maximum Gasteiger partial charge on any atom is 0.143 e. The average molecular weight is 796 g/mol. The van der Waals surface area contributed by atoms with Gasteiger partial charge >= 0.3 is 0 Å². The number of allylic oxidation sites excluding steroid dienone is 4. The van der Waals surface area contributed by atoms with Gasteiger partial charge in [0.1, 0.15) is 11.2 Å². The van der Waals surface area contributed by atoms with Gasteiger partial charge in [-0.2, -0.15) is 0 Å². The second-order valence-corrected chi connectivity index (χ2v) is 18.8. The number of rotatable bonds is 4. The summed E-state index contributed by atoms with van der Waals surface area (Å²) in [7, 11) is 0. The van der Waals surface area contributed by atoms with Gasteiger partial charge in [0.25, 0.3) is 0 Å². The Labute approximate surface area is 362 Å². The van der Waals surface area contributed by atoms with Crippen LogP contribution >= 0.6 is 0 Å². The van der Waals surface area contributed by atoms with Crippen molar-refractivity contribution in [1.82, 2.24) is 0 Å². The molecule has 62 heavy (non-hydrogen) atoms. The fourth-order valence-electron chi connectivity index (χ4n) is 11.8. The van der Waals surface area contributed by atoms with Crippen LogP contribution in [0, 0.1) is 0 Å². The number of nitrogens with zero attached hydrogens (tertiary/aromatic N) is 1. The van der Waals surface area contributed by atoms with E-state index in [0.717, 1.165) is 45.4 Å². The lowest BCUT2D eigenvalue weighted by Crippen LogP contribution is -2.17. The molecular formula is C60H45NO. The fraction of sp³-hybridized carbons (Fsp3) is 0.133. The van der Waals surface area contributed by atoms with Crippen LogP contribution < -0.4 is 4.90 Å². The Balaban J connectivity index is 0.993. The molecule has 9 aromatic carbocycles. The molecule has 0 radical (unpaired) electrons. The van der Waals surface area contributed by atoms with Gasteiger partial charge in [0, 0.05) is 50.1 Å². The number of benzene rings is 9. The molecule has 0 saturated heterocycles. The molecule has 0 aliphatic heterocycles. The second-order valence-electron chi connectivity index (χ2n) is 18.8. The van der Waals surface area contributed by atoms with Gasteiger partial charge in [0.05, 0.1) is 0 Å². The summed E-state index contributed by atoms with van der Waals surface area (Å²) in [6, 6.07) is 63.2. The van der Waals surface area contributed by atoms with Crippen LogP contribution in [-0.4, -0.2) is 0 Å². The first-order valence-corrected chi connectivity index (χ1v) is 22.1. The largest absolute Gasteiger partial charge is 0.455 e. The first-order valence-electron chi connectivity index (χ1n) is 22.1. The van der Waals surface area contributed by atoms with Crippen molar-refractivity contribution >= 4 is 76.9 Å². The van der Waals surface area contributed by atoms with Crippen LogP contribution in [0.2, 0.25) is 0 Å². The highest BCUT2D eigenvalue weighted by Crippen LogP contribution is 2.56. The van der Waals surface area contributed by atoms with Crippen LogP contribution in [0.5, 0.6) is 0 Å². The maximum absolute atomic E-state index is 6.74. The highest BCUT2D eigenvalue weighted by atomic mass is 16.3. The van der Waals surface area contributed by atoms with Crippen molar-refractivity contribution in [2.24, 2.45) is 0 Å². The first kappa shape index (κ1) is 35.6. The van der Waals surface area contributed by atoms with Gasteiger partial charge in [-0.15, -0.1) is 0 Å². The lowest BCUT2D eigenvalue weighted by Gasteiger charge is -2.29. The molecule has 1 aromatic heterocycles. The molecule has 3 aliphatic carbocycles. The van der Waals surface area contributed by atoms with Gasteiger partial charge in [-0.3, -0.25) is 0 Å². The van der Waals surface area contributed by atoms with Crippen molar-refractivity contribution in [2.75, 3.05) is 4.90 Å². The van der Waals surface area contributed by atoms with Crippen LogP contribution in [-0.2, 0) is 10.8 Å². The van der Waals surface area contributed by atoms with Crippen molar-refractivity contribution < 1.29 is 4.42 Å². The zero-order valence-electron chi connectivity index (χ0n) is 35.5. The normalized spacial score (nSPS) is 16.9. The molecule has 0 fully saturated rings. The summed E-state index contributed by atoms with van der Waals surface area (Å²) in [6.07, 6.45) is 5.97. The summed E-state index contributed by atoms with van der Waals surface area (Å²) in [5.74, 6) is 0.455. The molecule has 13 rings (SSSR count). The first-order chi connectivity index (χ1) is 30.3. The minimum absolute atomic E-state index is 0.0117. The van der Waals surface area contributed by atoms with Crippen molar-refractivity contribution in [1.29, 1.82) is 0 Å². The summed E-state index contributed by atoms with van der Waals surface area (Å²) in [5.41, 5.74) is 17.2. The van der Waals surface area contributed by atoms with Gasteiger partial charge in [-0.05, 0) is 120 Å². The smallest absolute Gasteiger partial charge is 0.143 e. The molecule has 10 aromatic rings. The molecule has 296 valence electrons. The quantitative estimate of drug-likeness (QED) is 0.165. The van der Waals surface area contributed by atoms with Crippen molar-refractivity contribution in [3.8, 4) is 11.1 Å². The molecule has 3 aliphatic rings. The summed E-state index contributed by atoms with van der Waals surface area (Å²) >= 11 is 0. The maximum atomic E-state index is 6.74. The van der Waals surface area contributed by atoms with Gasteiger partial charge in [0.15, 0.2) is 0 Å². The van der Waals surface area contributed by atoms with E-state index >= 15 is 0 Å². The SMILES string of the molecule is CC1(C)C2=CC(c3ccc(N(c4ccc5c(c4)-c4c(ccc6c4oc4ccccc46)C5(C)C)c4ccc5c6ccccc6c6ccccc6c5c4)cc3)=CCC2c2ccccc21. The third kappa shape index (κ3) is 4.87. The lowest BCUT2D eigenvalue weighted by atomic mass is 9.77. The Morgan fingerprint density at radius 2 is 1.06 bits per heavy atom. The summed E-state index contributed by atoms with van der Waals surface area (Å²) in [4.78, 5) is 2.46.